The lowest BCUT2D eigenvalue weighted by atomic mass is 10.2. The van der Waals surface area contributed by atoms with E-state index in [1.807, 2.05) is 30.3 Å². The molecule has 1 amide bonds. The monoisotopic (exact) mass is 472 g/mol. The molecular formula is C23H28N4O3S2. The second kappa shape index (κ2) is 9.95. The molecule has 2 N–H and O–H groups in total. The van der Waals surface area contributed by atoms with Gasteiger partial charge in [-0.2, -0.15) is 0 Å². The largest absolute Gasteiger partial charge is 0.372 e. The number of carbonyl (C=O) groups excluding carboxylic acids is 1. The molecule has 2 aromatic carbocycles. The number of hydrogen-bond donors (Lipinski definition) is 2. The summed E-state index contributed by atoms with van der Waals surface area (Å²) in [5.74, 6) is 0.192. The summed E-state index contributed by atoms with van der Waals surface area (Å²) in [7, 11) is -2.97. The summed E-state index contributed by atoms with van der Waals surface area (Å²) in [5.41, 5.74) is 2.54. The summed E-state index contributed by atoms with van der Waals surface area (Å²) in [5, 5.41) is 6.94. The Morgan fingerprint density at radius 2 is 1.97 bits per heavy atom. The summed E-state index contributed by atoms with van der Waals surface area (Å²) in [6.45, 7) is 4.52. The van der Waals surface area contributed by atoms with Crippen LogP contribution in [-0.4, -0.2) is 61.9 Å². The minimum absolute atomic E-state index is 0.00689. The van der Waals surface area contributed by atoms with Gasteiger partial charge in [0.25, 0.3) is 5.91 Å². The van der Waals surface area contributed by atoms with Crippen molar-refractivity contribution in [3.8, 4) is 0 Å². The van der Waals surface area contributed by atoms with Gasteiger partial charge in [0.05, 0.1) is 17.5 Å². The van der Waals surface area contributed by atoms with Crippen LogP contribution in [0.4, 0.5) is 11.4 Å². The number of carbonyl (C=O) groups is 1. The van der Waals surface area contributed by atoms with Gasteiger partial charge in [0.1, 0.15) is 0 Å². The van der Waals surface area contributed by atoms with Crippen LogP contribution in [0.25, 0.3) is 0 Å². The third-order valence-corrected chi connectivity index (χ3v) is 8.73. The Morgan fingerprint density at radius 3 is 2.72 bits per heavy atom. The minimum Gasteiger partial charge on any atom is -0.372 e. The number of rotatable bonds is 8. The van der Waals surface area contributed by atoms with Crippen molar-refractivity contribution < 1.29 is 13.2 Å². The number of para-hydroxylation sites is 1. The number of hydrogen-bond acceptors (Lipinski definition) is 7. The Labute approximate surface area is 193 Å². The predicted octanol–water partition coefficient (Wildman–Crippen LogP) is 3.01. The van der Waals surface area contributed by atoms with Gasteiger partial charge in [-0.3, -0.25) is 9.79 Å². The normalized spacial score (nSPS) is 21.0. The summed E-state index contributed by atoms with van der Waals surface area (Å²) in [6.07, 6.45) is 0.853. The van der Waals surface area contributed by atoms with Crippen molar-refractivity contribution in [2.24, 2.45) is 4.99 Å². The van der Waals surface area contributed by atoms with E-state index in [1.165, 1.54) is 17.4 Å². The van der Waals surface area contributed by atoms with Crippen molar-refractivity contribution in [1.82, 2.24) is 5.32 Å². The summed E-state index contributed by atoms with van der Waals surface area (Å²) < 4.78 is 23.4. The topological polar surface area (TPSA) is 90.9 Å². The molecule has 1 fully saturated rings. The van der Waals surface area contributed by atoms with E-state index in [9.17, 15) is 13.2 Å². The van der Waals surface area contributed by atoms with Crippen molar-refractivity contribution in [3.63, 3.8) is 0 Å². The number of anilines is 2. The van der Waals surface area contributed by atoms with Crippen molar-refractivity contribution in [3.05, 3.63) is 60.2 Å². The van der Waals surface area contributed by atoms with Gasteiger partial charge in [0.2, 0.25) is 0 Å². The van der Waals surface area contributed by atoms with Crippen LogP contribution in [-0.2, 0) is 9.84 Å². The van der Waals surface area contributed by atoms with Crippen molar-refractivity contribution in [1.29, 1.82) is 0 Å². The standard InChI is InChI=1S/C23H28N4O3S2/c1-2-27(19-10-4-3-5-11-19)13-7-12-24-22(28)17-8-6-9-18(14-17)25-23-26-20-15-32(29,30)16-21(20)31-23/h3-6,8-11,14,20-21H,2,7,12-13,15-16H2,1H3,(H,24,28)(H,25,26)/t20-,21-/m0/s1. The van der Waals surface area contributed by atoms with Gasteiger partial charge in [-0.1, -0.05) is 36.0 Å². The minimum atomic E-state index is -2.97. The average Bonchev–Trinajstić information content (AvgIpc) is 3.26. The lowest BCUT2D eigenvalue weighted by Crippen LogP contribution is -2.30. The molecule has 4 rings (SSSR count). The van der Waals surface area contributed by atoms with Gasteiger partial charge < -0.3 is 15.5 Å². The third kappa shape index (κ3) is 5.63. The predicted molar refractivity (Wildman–Crippen MR) is 133 cm³/mol. The van der Waals surface area contributed by atoms with Crippen LogP contribution in [0.1, 0.15) is 23.7 Å². The van der Waals surface area contributed by atoms with E-state index < -0.39 is 9.84 Å². The van der Waals surface area contributed by atoms with Gasteiger partial charge in [0, 0.05) is 41.8 Å². The fourth-order valence-corrected chi connectivity index (χ4v) is 7.64. The summed E-state index contributed by atoms with van der Waals surface area (Å²) in [6, 6.07) is 17.4. The molecule has 0 spiro atoms. The van der Waals surface area contributed by atoms with Crippen LogP contribution >= 0.6 is 11.8 Å². The van der Waals surface area contributed by atoms with Crippen LogP contribution in [0.3, 0.4) is 0 Å². The molecule has 2 aromatic rings. The Hall–Kier alpha value is -2.52. The molecule has 9 heteroatoms. The number of benzene rings is 2. The quantitative estimate of drug-likeness (QED) is 0.574. The highest BCUT2D eigenvalue weighted by atomic mass is 32.2. The van der Waals surface area contributed by atoms with Gasteiger partial charge in [0.15, 0.2) is 15.0 Å². The molecule has 0 aliphatic carbocycles. The summed E-state index contributed by atoms with van der Waals surface area (Å²) in [4.78, 5) is 19.4. The zero-order chi connectivity index (χ0) is 22.6. The zero-order valence-electron chi connectivity index (χ0n) is 18.0. The highest BCUT2D eigenvalue weighted by Crippen LogP contribution is 2.34. The fraction of sp³-hybridized carbons (Fsp3) is 0.391. The van der Waals surface area contributed by atoms with E-state index in [0.717, 1.165) is 25.2 Å². The first-order valence-electron chi connectivity index (χ1n) is 10.8. The maximum absolute atomic E-state index is 12.6. The molecule has 0 unspecified atom stereocenters. The molecule has 0 saturated carbocycles. The Bertz CT molecular complexity index is 1090. The average molecular weight is 473 g/mol. The van der Waals surface area contributed by atoms with Gasteiger partial charge >= 0.3 is 0 Å². The Morgan fingerprint density at radius 1 is 1.16 bits per heavy atom. The van der Waals surface area contributed by atoms with Crippen LogP contribution in [0.2, 0.25) is 0 Å². The molecule has 2 aliphatic heterocycles. The van der Waals surface area contributed by atoms with Crippen LogP contribution in [0.5, 0.6) is 0 Å². The summed E-state index contributed by atoms with van der Waals surface area (Å²) >= 11 is 1.47. The van der Waals surface area contributed by atoms with E-state index in [4.69, 9.17) is 0 Å². The molecule has 2 atom stereocenters. The molecule has 0 radical (unpaired) electrons. The zero-order valence-corrected chi connectivity index (χ0v) is 19.7. The molecular weight excluding hydrogens is 444 g/mol. The lowest BCUT2D eigenvalue weighted by molar-refractivity contribution is 0.0953. The molecule has 2 heterocycles. The van der Waals surface area contributed by atoms with E-state index in [0.29, 0.717) is 17.3 Å². The van der Waals surface area contributed by atoms with Crippen LogP contribution < -0.4 is 15.5 Å². The first-order valence-corrected chi connectivity index (χ1v) is 13.5. The highest BCUT2D eigenvalue weighted by molar-refractivity contribution is 8.15. The molecule has 170 valence electrons. The van der Waals surface area contributed by atoms with Gasteiger partial charge in [-0.05, 0) is 43.7 Å². The maximum atomic E-state index is 12.6. The number of amidine groups is 1. The molecule has 2 aliphatic rings. The highest BCUT2D eigenvalue weighted by Gasteiger charge is 2.42. The number of nitrogens with zero attached hydrogens (tertiary/aromatic N) is 2. The van der Waals surface area contributed by atoms with E-state index >= 15 is 0 Å². The number of thioether (sulfide) groups is 1. The van der Waals surface area contributed by atoms with Crippen molar-refractivity contribution in [2.75, 3.05) is 41.4 Å². The van der Waals surface area contributed by atoms with Crippen molar-refractivity contribution in [2.45, 2.75) is 24.6 Å². The number of fused-ring (bicyclic) bond motifs is 1. The number of nitrogens with one attached hydrogen (secondary N) is 2. The maximum Gasteiger partial charge on any atom is 0.251 e. The molecule has 32 heavy (non-hydrogen) atoms. The molecule has 7 nitrogen and oxygen atoms in total. The van der Waals surface area contributed by atoms with E-state index in [1.54, 1.807) is 12.1 Å². The molecule has 1 saturated heterocycles. The molecule has 0 aromatic heterocycles. The number of sulfone groups is 1. The van der Waals surface area contributed by atoms with E-state index in [-0.39, 0.29) is 28.7 Å². The lowest BCUT2D eigenvalue weighted by Gasteiger charge is -2.23. The second-order valence-electron chi connectivity index (χ2n) is 7.97. The van der Waals surface area contributed by atoms with Crippen LogP contribution in [0.15, 0.2) is 59.6 Å². The SMILES string of the molecule is CCN(CCCNC(=O)c1cccc(NC2=N[C@H]3CS(=O)(=O)C[C@@H]3S2)c1)c1ccccc1. The first kappa shape index (κ1) is 22.7. The number of amides is 1. The van der Waals surface area contributed by atoms with Crippen LogP contribution in [0, 0.1) is 0 Å². The Kier molecular flexibility index (Phi) is 7.05. The van der Waals surface area contributed by atoms with Gasteiger partial charge in [-0.15, -0.1) is 0 Å². The Balaban J connectivity index is 1.26. The third-order valence-electron chi connectivity index (χ3n) is 5.59. The van der Waals surface area contributed by atoms with Crippen molar-refractivity contribution >= 4 is 44.0 Å². The van der Waals surface area contributed by atoms with Gasteiger partial charge in [-0.25, -0.2) is 8.42 Å². The fourth-order valence-electron chi connectivity index (χ4n) is 3.96. The molecule has 0 bridgehead atoms. The first-order chi connectivity index (χ1) is 15.4. The second-order valence-corrected chi connectivity index (χ2v) is 11.3. The van der Waals surface area contributed by atoms with E-state index in [2.05, 4.69) is 39.6 Å². The number of aliphatic imine (C=N–C) groups is 1. The smallest absolute Gasteiger partial charge is 0.251 e.